The molecule has 0 atom stereocenters. The number of anilines is 3. The Bertz CT molecular complexity index is 2870. The Morgan fingerprint density at radius 1 is 0.264 bits per heavy atom. The Morgan fingerprint density at radius 2 is 0.792 bits per heavy atom. The Hall–Kier alpha value is -6.96. The first kappa shape index (κ1) is 30.8. The Balaban J connectivity index is 1.40. The van der Waals surface area contributed by atoms with Gasteiger partial charge < -0.3 is 4.90 Å². The van der Waals surface area contributed by atoms with Crippen molar-refractivity contribution in [1.29, 1.82) is 0 Å². The van der Waals surface area contributed by atoms with E-state index in [0.29, 0.717) is 0 Å². The monoisotopic (exact) mass is 673 g/mol. The molecule has 248 valence electrons. The molecule has 0 amide bonds. The van der Waals surface area contributed by atoms with Crippen molar-refractivity contribution < 1.29 is 0 Å². The number of hydrogen-bond acceptors (Lipinski definition) is 1. The number of rotatable bonds is 6. The summed E-state index contributed by atoms with van der Waals surface area (Å²) in [5.41, 5.74) is 10.7. The zero-order valence-corrected chi connectivity index (χ0v) is 29.2. The molecule has 0 aliphatic carbocycles. The van der Waals surface area contributed by atoms with E-state index in [1.807, 2.05) is 0 Å². The molecule has 10 rings (SSSR count). The van der Waals surface area contributed by atoms with Crippen LogP contribution in [0.15, 0.2) is 212 Å². The minimum absolute atomic E-state index is 1.12. The smallest absolute Gasteiger partial charge is 0.0468 e. The van der Waals surface area contributed by atoms with E-state index in [-0.39, 0.29) is 0 Å². The van der Waals surface area contributed by atoms with Gasteiger partial charge in [-0.1, -0.05) is 170 Å². The molecule has 0 saturated carbocycles. The van der Waals surface area contributed by atoms with Crippen LogP contribution in [0.3, 0.4) is 0 Å². The predicted molar refractivity (Wildman–Crippen MR) is 227 cm³/mol. The molecular weight excluding hydrogens is 639 g/mol. The van der Waals surface area contributed by atoms with Crippen LogP contribution in [0.25, 0.3) is 76.5 Å². The van der Waals surface area contributed by atoms with Gasteiger partial charge in [0.25, 0.3) is 0 Å². The van der Waals surface area contributed by atoms with Gasteiger partial charge in [-0.3, -0.25) is 0 Å². The second-order valence-corrected chi connectivity index (χ2v) is 13.6. The van der Waals surface area contributed by atoms with Crippen LogP contribution < -0.4 is 4.90 Å². The zero-order valence-electron chi connectivity index (χ0n) is 29.2. The Morgan fingerprint density at radius 3 is 1.47 bits per heavy atom. The molecule has 0 bridgehead atoms. The maximum Gasteiger partial charge on any atom is 0.0468 e. The summed E-state index contributed by atoms with van der Waals surface area (Å²) < 4.78 is 0. The standard InChI is InChI=1S/C52H35N/c1-5-18-37(19-6-1)47-35-49(43-31-17-23-36-20-13-14-28-42(36)43)50(38-21-7-2-8-22-38)52-46-33-32-41(34-48(46)44-29-15-16-30-45(44)51(47)52)53(39-24-9-3-10-25-39)40-26-11-4-12-27-40/h1-35H. The Labute approximate surface area is 309 Å². The van der Waals surface area contributed by atoms with Gasteiger partial charge in [0, 0.05) is 17.1 Å². The fourth-order valence-corrected chi connectivity index (χ4v) is 8.30. The highest BCUT2D eigenvalue weighted by Gasteiger charge is 2.23. The number of para-hydroxylation sites is 2. The SMILES string of the molecule is c1ccc(-c2cc(-c3cccc4ccccc34)c(-c3ccccc3)c3c4ccc(N(c5ccccc5)c5ccccc5)cc4c4ccccc4c23)cc1. The lowest BCUT2D eigenvalue weighted by atomic mass is 9.80. The Kier molecular flexibility index (Phi) is 7.55. The van der Waals surface area contributed by atoms with Crippen LogP contribution in [0.4, 0.5) is 17.1 Å². The normalized spacial score (nSPS) is 11.4. The third-order valence-electron chi connectivity index (χ3n) is 10.6. The molecule has 0 spiro atoms. The highest BCUT2D eigenvalue weighted by molar-refractivity contribution is 6.33. The summed E-state index contributed by atoms with van der Waals surface area (Å²) in [6.07, 6.45) is 0. The summed E-state index contributed by atoms with van der Waals surface area (Å²) >= 11 is 0. The summed E-state index contributed by atoms with van der Waals surface area (Å²) in [7, 11) is 0. The van der Waals surface area contributed by atoms with Gasteiger partial charge in [-0.05, 0) is 119 Å². The lowest BCUT2D eigenvalue weighted by molar-refractivity contribution is 1.29. The molecule has 1 nitrogen and oxygen atoms in total. The van der Waals surface area contributed by atoms with Crippen LogP contribution >= 0.6 is 0 Å². The van der Waals surface area contributed by atoms with Crippen LogP contribution in [0.2, 0.25) is 0 Å². The van der Waals surface area contributed by atoms with Crippen molar-refractivity contribution in [2.75, 3.05) is 4.90 Å². The summed E-state index contributed by atoms with van der Waals surface area (Å²) in [6.45, 7) is 0. The molecule has 0 unspecified atom stereocenters. The number of fused-ring (bicyclic) bond motifs is 7. The first-order valence-corrected chi connectivity index (χ1v) is 18.3. The van der Waals surface area contributed by atoms with Gasteiger partial charge in [0.15, 0.2) is 0 Å². The number of nitrogens with zero attached hydrogens (tertiary/aromatic N) is 1. The molecule has 1 heteroatoms. The van der Waals surface area contributed by atoms with Gasteiger partial charge in [-0.15, -0.1) is 0 Å². The molecule has 10 aromatic rings. The van der Waals surface area contributed by atoms with Crippen molar-refractivity contribution in [2.24, 2.45) is 0 Å². The van der Waals surface area contributed by atoms with Crippen LogP contribution in [-0.4, -0.2) is 0 Å². The van der Waals surface area contributed by atoms with E-state index in [0.717, 1.165) is 17.1 Å². The van der Waals surface area contributed by atoms with E-state index in [1.54, 1.807) is 0 Å². The molecule has 0 fully saturated rings. The average molecular weight is 674 g/mol. The lowest BCUT2D eigenvalue weighted by Gasteiger charge is -2.27. The van der Waals surface area contributed by atoms with Gasteiger partial charge in [0.2, 0.25) is 0 Å². The molecule has 0 aliphatic rings. The quantitative estimate of drug-likeness (QED) is 0.159. The van der Waals surface area contributed by atoms with Gasteiger partial charge in [-0.25, -0.2) is 0 Å². The van der Waals surface area contributed by atoms with E-state index >= 15 is 0 Å². The third kappa shape index (κ3) is 5.25. The molecule has 53 heavy (non-hydrogen) atoms. The van der Waals surface area contributed by atoms with E-state index in [4.69, 9.17) is 0 Å². The molecule has 0 saturated heterocycles. The van der Waals surface area contributed by atoms with Crippen molar-refractivity contribution >= 4 is 60.2 Å². The van der Waals surface area contributed by atoms with Crippen LogP contribution in [-0.2, 0) is 0 Å². The van der Waals surface area contributed by atoms with E-state index in [9.17, 15) is 0 Å². The van der Waals surface area contributed by atoms with E-state index in [2.05, 4.69) is 217 Å². The average Bonchev–Trinajstić information content (AvgIpc) is 3.24. The second kappa shape index (κ2) is 13.0. The third-order valence-corrected chi connectivity index (χ3v) is 10.6. The molecular formula is C52H35N. The first-order valence-electron chi connectivity index (χ1n) is 18.3. The molecule has 0 aliphatic heterocycles. The molecule has 0 aromatic heterocycles. The predicted octanol–water partition coefficient (Wildman–Crippen LogP) is 14.8. The van der Waals surface area contributed by atoms with Gasteiger partial charge in [0.05, 0.1) is 0 Å². The summed E-state index contributed by atoms with van der Waals surface area (Å²) in [6, 6.07) is 77.2. The zero-order chi connectivity index (χ0) is 35.1. The molecule has 0 radical (unpaired) electrons. The van der Waals surface area contributed by atoms with Crippen molar-refractivity contribution in [3.05, 3.63) is 212 Å². The van der Waals surface area contributed by atoms with E-state index in [1.165, 1.54) is 76.5 Å². The first-order chi connectivity index (χ1) is 26.3. The molecule has 10 aromatic carbocycles. The highest BCUT2D eigenvalue weighted by atomic mass is 15.1. The van der Waals surface area contributed by atoms with E-state index < -0.39 is 0 Å². The molecule has 0 heterocycles. The topological polar surface area (TPSA) is 3.24 Å². The lowest BCUT2D eigenvalue weighted by Crippen LogP contribution is -2.09. The maximum atomic E-state index is 2.46. The summed E-state index contributed by atoms with van der Waals surface area (Å²) in [4.78, 5) is 2.36. The number of benzene rings is 10. The minimum Gasteiger partial charge on any atom is -0.310 e. The van der Waals surface area contributed by atoms with Gasteiger partial charge >= 0.3 is 0 Å². The minimum atomic E-state index is 1.12. The van der Waals surface area contributed by atoms with Crippen LogP contribution in [0, 0.1) is 0 Å². The van der Waals surface area contributed by atoms with Crippen molar-refractivity contribution in [1.82, 2.24) is 0 Å². The second-order valence-electron chi connectivity index (χ2n) is 13.6. The van der Waals surface area contributed by atoms with Crippen LogP contribution in [0.1, 0.15) is 0 Å². The highest BCUT2D eigenvalue weighted by Crippen LogP contribution is 2.50. The largest absolute Gasteiger partial charge is 0.310 e. The summed E-state index contributed by atoms with van der Waals surface area (Å²) in [5.74, 6) is 0. The van der Waals surface area contributed by atoms with Crippen molar-refractivity contribution in [2.45, 2.75) is 0 Å². The fraction of sp³-hybridized carbons (Fsp3) is 0. The molecule has 0 N–H and O–H groups in total. The van der Waals surface area contributed by atoms with Crippen LogP contribution in [0.5, 0.6) is 0 Å². The van der Waals surface area contributed by atoms with Gasteiger partial charge in [0.1, 0.15) is 0 Å². The van der Waals surface area contributed by atoms with Crippen molar-refractivity contribution in [3.63, 3.8) is 0 Å². The maximum absolute atomic E-state index is 2.46. The number of hydrogen-bond donors (Lipinski definition) is 0. The van der Waals surface area contributed by atoms with Gasteiger partial charge in [-0.2, -0.15) is 0 Å². The van der Waals surface area contributed by atoms with Crippen molar-refractivity contribution in [3.8, 4) is 33.4 Å². The summed E-state index contributed by atoms with van der Waals surface area (Å²) in [5, 5.41) is 9.99. The fourth-order valence-electron chi connectivity index (χ4n) is 8.30.